The lowest BCUT2D eigenvalue weighted by molar-refractivity contribution is 0.0680. The van der Waals surface area contributed by atoms with Gasteiger partial charge in [-0.25, -0.2) is 4.98 Å². The van der Waals surface area contributed by atoms with Crippen molar-refractivity contribution in [3.05, 3.63) is 53.2 Å². The van der Waals surface area contributed by atoms with Gasteiger partial charge in [0.15, 0.2) is 0 Å². The molecule has 6 heteroatoms. The van der Waals surface area contributed by atoms with Crippen molar-refractivity contribution < 1.29 is 4.79 Å². The monoisotopic (exact) mass is 337 g/mol. The fourth-order valence-corrected chi connectivity index (χ4v) is 3.91. The number of aromatic nitrogens is 4. The molecule has 130 valence electrons. The average molecular weight is 337 g/mol. The van der Waals surface area contributed by atoms with E-state index in [9.17, 15) is 4.79 Å². The van der Waals surface area contributed by atoms with Crippen LogP contribution in [-0.2, 0) is 0 Å². The minimum Gasteiger partial charge on any atom is -0.331 e. The number of rotatable bonds is 2. The molecular formula is C19H23N5O. The Morgan fingerprint density at radius 1 is 1.24 bits per heavy atom. The molecule has 0 aliphatic carbocycles. The number of amides is 1. The number of likely N-dealkylation sites (tertiary alicyclic amines) is 1. The van der Waals surface area contributed by atoms with Gasteiger partial charge in [-0.1, -0.05) is 12.8 Å². The third kappa shape index (κ3) is 2.81. The van der Waals surface area contributed by atoms with Crippen molar-refractivity contribution in [1.82, 2.24) is 24.5 Å². The Kier molecular flexibility index (Phi) is 4.03. The van der Waals surface area contributed by atoms with Crippen LogP contribution in [0.1, 0.15) is 59.0 Å². The van der Waals surface area contributed by atoms with Crippen LogP contribution in [0.25, 0.3) is 5.65 Å². The van der Waals surface area contributed by atoms with Crippen LogP contribution in [0.5, 0.6) is 0 Å². The molecule has 4 heterocycles. The number of nitrogens with zero attached hydrogens (tertiary/aromatic N) is 4. The zero-order valence-corrected chi connectivity index (χ0v) is 14.7. The van der Waals surface area contributed by atoms with Crippen molar-refractivity contribution in [3.8, 4) is 0 Å². The molecule has 1 atom stereocenters. The number of pyridine rings is 1. The van der Waals surface area contributed by atoms with Crippen LogP contribution in [-0.4, -0.2) is 36.9 Å². The van der Waals surface area contributed by atoms with Gasteiger partial charge in [0.25, 0.3) is 5.91 Å². The highest BCUT2D eigenvalue weighted by molar-refractivity contribution is 5.95. The quantitative estimate of drug-likeness (QED) is 0.779. The van der Waals surface area contributed by atoms with Crippen LogP contribution in [0.15, 0.2) is 30.7 Å². The Labute approximate surface area is 146 Å². The lowest BCUT2D eigenvalue weighted by Gasteiger charge is -2.30. The topological polar surface area (TPSA) is 66.3 Å². The second-order valence-corrected chi connectivity index (χ2v) is 6.82. The highest BCUT2D eigenvalue weighted by Crippen LogP contribution is 2.34. The first-order valence-corrected chi connectivity index (χ1v) is 8.90. The smallest absolute Gasteiger partial charge is 0.254 e. The number of imidazole rings is 1. The second kappa shape index (κ2) is 6.35. The first kappa shape index (κ1) is 15.9. The number of aromatic amines is 1. The molecule has 1 N–H and O–H groups in total. The number of aryl methyl sites for hydroxylation is 2. The maximum Gasteiger partial charge on any atom is 0.254 e. The first-order valence-electron chi connectivity index (χ1n) is 8.90. The van der Waals surface area contributed by atoms with Gasteiger partial charge in [0, 0.05) is 42.0 Å². The minimum absolute atomic E-state index is 0.0809. The van der Waals surface area contributed by atoms with E-state index in [1.54, 1.807) is 6.20 Å². The predicted octanol–water partition coefficient (Wildman–Crippen LogP) is 3.43. The molecule has 4 rings (SSSR count). The van der Waals surface area contributed by atoms with E-state index in [1.165, 1.54) is 5.56 Å². The summed E-state index contributed by atoms with van der Waals surface area (Å²) in [5, 5.41) is 7.42. The maximum absolute atomic E-state index is 13.3. The van der Waals surface area contributed by atoms with E-state index in [1.807, 2.05) is 47.7 Å². The lowest BCUT2D eigenvalue weighted by Crippen LogP contribution is -2.35. The van der Waals surface area contributed by atoms with Crippen LogP contribution in [0, 0.1) is 13.8 Å². The summed E-state index contributed by atoms with van der Waals surface area (Å²) < 4.78 is 1.92. The van der Waals surface area contributed by atoms with E-state index in [0.29, 0.717) is 5.56 Å². The molecular weight excluding hydrogens is 314 g/mol. The average Bonchev–Trinajstić information content (AvgIpc) is 3.13. The predicted molar refractivity (Wildman–Crippen MR) is 95.5 cm³/mol. The number of nitrogens with one attached hydrogen (secondary N) is 1. The molecule has 0 bridgehead atoms. The normalized spacial score (nSPS) is 18.5. The minimum atomic E-state index is 0.0809. The number of fused-ring (bicyclic) bond motifs is 1. The third-order valence-corrected chi connectivity index (χ3v) is 5.18. The summed E-state index contributed by atoms with van der Waals surface area (Å²) in [5.41, 5.74) is 4.73. The van der Waals surface area contributed by atoms with Gasteiger partial charge in [0.1, 0.15) is 5.65 Å². The van der Waals surface area contributed by atoms with Gasteiger partial charge in [0.2, 0.25) is 0 Å². The zero-order chi connectivity index (χ0) is 17.4. The number of H-pyrrole nitrogens is 1. The molecule has 0 unspecified atom stereocenters. The molecule has 0 spiro atoms. The van der Waals surface area contributed by atoms with Crippen LogP contribution >= 0.6 is 0 Å². The Balaban J connectivity index is 1.72. The second-order valence-electron chi connectivity index (χ2n) is 6.82. The van der Waals surface area contributed by atoms with Gasteiger partial charge >= 0.3 is 0 Å². The molecule has 0 radical (unpaired) electrons. The number of hydrogen-bond donors (Lipinski definition) is 1. The van der Waals surface area contributed by atoms with Gasteiger partial charge in [-0.3, -0.25) is 9.89 Å². The highest BCUT2D eigenvalue weighted by atomic mass is 16.2. The van der Waals surface area contributed by atoms with Gasteiger partial charge in [0.05, 0.1) is 11.7 Å². The molecule has 1 aliphatic heterocycles. The first-order chi connectivity index (χ1) is 12.1. The van der Waals surface area contributed by atoms with Crippen LogP contribution in [0.4, 0.5) is 0 Å². The van der Waals surface area contributed by atoms with Gasteiger partial charge in [-0.15, -0.1) is 0 Å². The van der Waals surface area contributed by atoms with Gasteiger partial charge < -0.3 is 9.30 Å². The summed E-state index contributed by atoms with van der Waals surface area (Å²) in [6, 6.07) is 3.85. The molecule has 1 amide bonds. The molecule has 25 heavy (non-hydrogen) atoms. The lowest BCUT2D eigenvalue weighted by atomic mass is 9.98. The van der Waals surface area contributed by atoms with Crippen molar-refractivity contribution in [2.75, 3.05) is 6.54 Å². The van der Waals surface area contributed by atoms with Crippen molar-refractivity contribution in [1.29, 1.82) is 0 Å². The molecule has 3 aromatic rings. The Morgan fingerprint density at radius 2 is 2.12 bits per heavy atom. The Morgan fingerprint density at radius 3 is 2.92 bits per heavy atom. The molecule has 0 aromatic carbocycles. The van der Waals surface area contributed by atoms with E-state index in [2.05, 4.69) is 15.2 Å². The van der Waals surface area contributed by atoms with E-state index in [-0.39, 0.29) is 11.9 Å². The van der Waals surface area contributed by atoms with Crippen LogP contribution in [0.3, 0.4) is 0 Å². The van der Waals surface area contributed by atoms with Crippen LogP contribution < -0.4 is 0 Å². The summed E-state index contributed by atoms with van der Waals surface area (Å²) >= 11 is 0. The molecule has 1 fully saturated rings. The van der Waals surface area contributed by atoms with Crippen molar-refractivity contribution in [2.24, 2.45) is 0 Å². The van der Waals surface area contributed by atoms with Gasteiger partial charge in [-0.2, -0.15) is 5.10 Å². The SMILES string of the molecule is Cc1n[nH]c(C)c1[C@@H]1CCCCCN1C(=O)c1ccn2ccnc2c1. The maximum atomic E-state index is 13.3. The molecule has 1 saturated heterocycles. The fraction of sp³-hybridized carbons (Fsp3) is 0.421. The fourth-order valence-electron chi connectivity index (χ4n) is 3.91. The van der Waals surface area contributed by atoms with E-state index in [0.717, 1.165) is 49.3 Å². The molecule has 1 aliphatic rings. The summed E-state index contributed by atoms with van der Waals surface area (Å²) in [7, 11) is 0. The number of carbonyl (C=O) groups excluding carboxylic acids is 1. The van der Waals surface area contributed by atoms with E-state index >= 15 is 0 Å². The number of carbonyl (C=O) groups is 1. The van der Waals surface area contributed by atoms with Crippen LogP contribution in [0.2, 0.25) is 0 Å². The molecule has 6 nitrogen and oxygen atoms in total. The molecule has 0 saturated carbocycles. The summed E-state index contributed by atoms with van der Waals surface area (Å²) in [4.78, 5) is 19.6. The highest BCUT2D eigenvalue weighted by Gasteiger charge is 2.30. The van der Waals surface area contributed by atoms with Gasteiger partial charge in [-0.05, 0) is 38.8 Å². The van der Waals surface area contributed by atoms with Crippen molar-refractivity contribution >= 4 is 11.6 Å². The Hall–Kier alpha value is -2.63. The third-order valence-electron chi connectivity index (χ3n) is 5.18. The zero-order valence-electron chi connectivity index (χ0n) is 14.7. The standard InChI is InChI=1S/C19H23N5O/c1-13-18(14(2)22-21-13)16-6-4-3-5-9-24(16)19(25)15-7-10-23-11-8-20-17(23)12-15/h7-8,10-12,16H,3-6,9H2,1-2H3,(H,21,22)/t16-/m0/s1. The summed E-state index contributed by atoms with van der Waals surface area (Å²) in [5.74, 6) is 0.0809. The largest absolute Gasteiger partial charge is 0.331 e. The van der Waals surface area contributed by atoms with Crippen molar-refractivity contribution in [2.45, 2.75) is 45.6 Å². The van der Waals surface area contributed by atoms with E-state index in [4.69, 9.17) is 0 Å². The summed E-state index contributed by atoms with van der Waals surface area (Å²) in [6.07, 6.45) is 9.86. The summed E-state index contributed by atoms with van der Waals surface area (Å²) in [6.45, 7) is 4.84. The van der Waals surface area contributed by atoms with E-state index < -0.39 is 0 Å². The molecule has 3 aromatic heterocycles. The Bertz CT molecular complexity index is 890. The number of hydrogen-bond acceptors (Lipinski definition) is 3. The van der Waals surface area contributed by atoms with Crippen molar-refractivity contribution in [3.63, 3.8) is 0 Å².